The first-order valence-corrected chi connectivity index (χ1v) is 8.25. The molecule has 1 aromatic heterocycles. The summed E-state index contributed by atoms with van der Waals surface area (Å²) < 4.78 is 0. The van der Waals surface area contributed by atoms with Gasteiger partial charge in [0.2, 0.25) is 5.91 Å². The third-order valence-electron chi connectivity index (χ3n) is 3.40. The Balaban J connectivity index is 1.80. The van der Waals surface area contributed by atoms with Crippen molar-refractivity contribution in [3.8, 4) is 0 Å². The summed E-state index contributed by atoms with van der Waals surface area (Å²) in [5, 5.41) is 10.6. The van der Waals surface area contributed by atoms with Gasteiger partial charge in [-0.3, -0.25) is 4.79 Å². The van der Waals surface area contributed by atoms with Gasteiger partial charge in [0.25, 0.3) is 0 Å². The highest BCUT2D eigenvalue weighted by atomic mass is 32.1. The second kappa shape index (κ2) is 7.96. The minimum atomic E-state index is 0.0567. The van der Waals surface area contributed by atoms with Crippen molar-refractivity contribution in [2.75, 3.05) is 5.32 Å². The average Bonchev–Trinajstić information content (AvgIpc) is 2.99. The van der Waals surface area contributed by atoms with Gasteiger partial charge >= 0.3 is 0 Å². The molecule has 0 spiro atoms. The van der Waals surface area contributed by atoms with E-state index in [2.05, 4.69) is 34.4 Å². The third-order valence-corrected chi connectivity index (χ3v) is 4.13. The number of nitrogens with one attached hydrogen (secondary N) is 2. The van der Waals surface area contributed by atoms with E-state index in [-0.39, 0.29) is 11.9 Å². The quantitative estimate of drug-likeness (QED) is 0.816. The predicted octanol–water partition coefficient (Wildman–Crippen LogP) is 3.82. The van der Waals surface area contributed by atoms with Gasteiger partial charge in [-0.15, -0.1) is 0 Å². The molecule has 0 saturated carbocycles. The molecule has 0 aliphatic rings. The number of rotatable bonds is 7. The fourth-order valence-corrected chi connectivity index (χ4v) is 2.86. The third kappa shape index (κ3) is 4.99. The molecule has 0 saturated heterocycles. The van der Waals surface area contributed by atoms with Crippen LogP contribution in [0.5, 0.6) is 0 Å². The van der Waals surface area contributed by atoms with Crippen molar-refractivity contribution in [3.63, 3.8) is 0 Å². The van der Waals surface area contributed by atoms with Gasteiger partial charge in [0, 0.05) is 24.7 Å². The van der Waals surface area contributed by atoms with E-state index in [1.165, 1.54) is 11.1 Å². The van der Waals surface area contributed by atoms with Crippen LogP contribution in [0.15, 0.2) is 41.1 Å². The lowest BCUT2D eigenvalue weighted by molar-refractivity contribution is -0.116. The van der Waals surface area contributed by atoms with Crippen molar-refractivity contribution < 1.29 is 4.79 Å². The van der Waals surface area contributed by atoms with E-state index in [1.54, 1.807) is 11.3 Å². The van der Waals surface area contributed by atoms with Crippen LogP contribution in [0.25, 0.3) is 0 Å². The highest BCUT2D eigenvalue weighted by molar-refractivity contribution is 7.07. The van der Waals surface area contributed by atoms with E-state index < -0.39 is 0 Å². The number of hydrogen-bond acceptors (Lipinski definition) is 3. The first kappa shape index (κ1) is 15.7. The topological polar surface area (TPSA) is 41.1 Å². The average molecular weight is 302 g/mol. The summed E-state index contributed by atoms with van der Waals surface area (Å²) in [4.78, 5) is 12.1. The number of para-hydroxylation sites is 1. The minimum absolute atomic E-state index is 0.0567. The molecule has 0 radical (unpaired) electrons. The lowest BCUT2D eigenvalue weighted by Crippen LogP contribution is -2.30. The van der Waals surface area contributed by atoms with Crippen LogP contribution in [0, 0.1) is 0 Å². The Bertz CT molecular complexity index is 566. The Labute approximate surface area is 130 Å². The maximum absolute atomic E-state index is 12.1. The number of amides is 1. The minimum Gasteiger partial charge on any atom is -0.326 e. The van der Waals surface area contributed by atoms with Gasteiger partial charge in [-0.2, -0.15) is 11.3 Å². The number of carbonyl (C=O) groups excluding carboxylic acids is 1. The highest BCUT2D eigenvalue weighted by Crippen LogP contribution is 2.15. The van der Waals surface area contributed by atoms with Crippen molar-refractivity contribution >= 4 is 22.9 Å². The molecular weight excluding hydrogens is 280 g/mol. The lowest BCUT2D eigenvalue weighted by atomic mass is 10.1. The highest BCUT2D eigenvalue weighted by Gasteiger charge is 2.10. The number of benzene rings is 1. The van der Waals surface area contributed by atoms with Crippen molar-refractivity contribution in [2.24, 2.45) is 0 Å². The van der Waals surface area contributed by atoms with Crippen molar-refractivity contribution in [1.29, 1.82) is 0 Å². The van der Waals surface area contributed by atoms with Crippen LogP contribution in [0.3, 0.4) is 0 Å². The second-order valence-electron chi connectivity index (χ2n) is 5.18. The molecule has 4 heteroatoms. The number of carbonyl (C=O) groups is 1. The molecule has 3 nitrogen and oxygen atoms in total. The largest absolute Gasteiger partial charge is 0.326 e. The predicted molar refractivity (Wildman–Crippen MR) is 89.7 cm³/mol. The van der Waals surface area contributed by atoms with Gasteiger partial charge in [-0.25, -0.2) is 0 Å². The molecule has 0 aliphatic carbocycles. The SMILES string of the molecule is CCc1ccccc1NC(=O)C[C@H](C)NCc1ccsc1. The maximum atomic E-state index is 12.1. The van der Waals surface area contributed by atoms with E-state index in [1.807, 2.05) is 31.2 Å². The maximum Gasteiger partial charge on any atom is 0.225 e. The van der Waals surface area contributed by atoms with Crippen LogP contribution >= 0.6 is 11.3 Å². The normalized spacial score (nSPS) is 12.1. The van der Waals surface area contributed by atoms with Crippen LogP contribution in [-0.4, -0.2) is 11.9 Å². The Morgan fingerprint density at radius 1 is 1.29 bits per heavy atom. The molecule has 2 rings (SSSR count). The Kier molecular flexibility index (Phi) is 5.96. The molecule has 0 aliphatic heterocycles. The Morgan fingerprint density at radius 2 is 2.10 bits per heavy atom. The van der Waals surface area contributed by atoms with Crippen molar-refractivity contribution in [2.45, 2.75) is 39.3 Å². The summed E-state index contributed by atoms with van der Waals surface area (Å²) in [6.45, 7) is 4.94. The van der Waals surface area contributed by atoms with E-state index in [4.69, 9.17) is 0 Å². The van der Waals surface area contributed by atoms with E-state index in [0.717, 1.165) is 18.7 Å². The Hall–Kier alpha value is -1.65. The Morgan fingerprint density at radius 3 is 2.81 bits per heavy atom. The number of anilines is 1. The molecule has 2 aromatic rings. The van der Waals surface area contributed by atoms with Gasteiger partial charge in [-0.1, -0.05) is 25.1 Å². The summed E-state index contributed by atoms with van der Waals surface area (Å²) in [6, 6.07) is 10.2. The summed E-state index contributed by atoms with van der Waals surface area (Å²) in [5.74, 6) is 0.0567. The van der Waals surface area contributed by atoms with E-state index >= 15 is 0 Å². The van der Waals surface area contributed by atoms with Crippen LogP contribution in [0.1, 0.15) is 31.4 Å². The van der Waals surface area contributed by atoms with Crippen molar-refractivity contribution in [3.05, 3.63) is 52.2 Å². The molecule has 0 fully saturated rings. The van der Waals surface area contributed by atoms with Crippen LogP contribution < -0.4 is 10.6 Å². The molecule has 0 unspecified atom stereocenters. The molecule has 1 amide bonds. The summed E-state index contributed by atoms with van der Waals surface area (Å²) in [5.41, 5.74) is 3.36. The smallest absolute Gasteiger partial charge is 0.225 e. The van der Waals surface area contributed by atoms with Gasteiger partial charge in [0.15, 0.2) is 0 Å². The second-order valence-corrected chi connectivity index (χ2v) is 5.96. The molecular formula is C17H22N2OS. The zero-order chi connectivity index (χ0) is 15.1. The van der Waals surface area contributed by atoms with Crippen LogP contribution in [0.2, 0.25) is 0 Å². The van der Waals surface area contributed by atoms with E-state index in [0.29, 0.717) is 6.42 Å². The molecule has 2 N–H and O–H groups in total. The first-order valence-electron chi connectivity index (χ1n) is 7.31. The van der Waals surface area contributed by atoms with Gasteiger partial charge in [-0.05, 0) is 47.4 Å². The number of thiophene rings is 1. The van der Waals surface area contributed by atoms with Gasteiger partial charge < -0.3 is 10.6 Å². The zero-order valence-corrected chi connectivity index (χ0v) is 13.4. The van der Waals surface area contributed by atoms with Gasteiger partial charge in [0.1, 0.15) is 0 Å². The summed E-state index contributed by atoms with van der Waals surface area (Å²) in [7, 11) is 0. The lowest BCUT2D eigenvalue weighted by Gasteiger charge is -2.14. The molecule has 1 atom stereocenters. The number of aryl methyl sites for hydroxylation is 1. The molecule has 0 bridgehead atoms. The summed E-state index contributed by atoms with van der Waals surface area (Å²) >= 11 is 1.69. The van der Waals surface area contributed by atoms with Crippen molar-refractivity contribution in [1.82, 2.24) is 5.32 Å². The molecule has 1 heterocycles. The number of hydrogen-bond donors (Lipinski definition) is 2. The molecule has 21 heavy (non-hydrogen) atoms. The zero-order valence-electron chi connectivity index (χ0n) is 12.6. The molecule has 112 valence electrons. The summed E-state index contributed by atoms with van der Waals surface area (Å²) in [6.07, 6.45) is 1.39. The van der Waals surface area contributed by atoms with Crippen LogP contribution in [0.4, 0.5) is 5.69 Å². The monoisotopic (exact) mass is 302 g/mol. The first-order chi connectivity index (χ1) is 10.2. The standard InChI is InChI=1S/C17H22N2OS/c1-3-15-6-4-5-7-16(15)19-17(20)10-13(2)18-11-14-8-9-21-12-14/h4-9,12-13,18H,3,10-11H2,1-2H3,(H,19,20)/t13-/m0/s1. The molecule has 1 aromatic carbocycles. The fourth-order valence-electron chi connectivity index (χ4n) is 2.19. The van der Waals surface area contributed by atoms with Gasteiger partial charge in [0.05, 0.1) is 0 Å². The van der Waals surface area contributed by atoms with Crippen LogP contribution in [-0.2, 0) is 17.8 Å². The fraction of sp³-hybridized carbons (Fsp3) is 0.353. The van der Waals surface area contributed by atoms with E-state index in [9.17, 15) is 4.79 Å².